The summed E-state index contributed by atoms with van der Waals surface area (Å²) in [6, 6.07) is 2.98. The maximum atomic E-state index is 11.7. The van der Waals surface area contributed by atoms with Crippen LogP contribution < -0.4 is 10.6 Å². The third kappa shape index (κ3) is 5.78. The number of anilines is 1. The lowest BCUT2D eigenvalue weighted by Gasteiger charge is -2.23. The molecule has 0 radical (unpaired) electrons. The van der Waals surface area contributed by atoms with E-state index in [1.807, 2.05) is 7.05 Å². The minimum Gasteiger partial charge on any atom is -0.477 e. The highest BCUT2D eigenvalue weighted by Crippen LogP contribution is 2.05. The summed E-state index contributed by atoms with van der Waals surface area (Å²) in [4.78, 5) is 28.2. The van der Waals surface area contributed by atoms with E-state index >= 15 is 0 Å². The molecule has 0 aliphatic rings. The molecule has 1 heterocycles. The Morgan fingerprint density at radius 2 is 2.14 bits per heavy atom. The summed E-state index contributed by atoms with van der Waals surface area (Å²) >= 11 is 0. The quantitative estimate of drug-likeness (QED) is 0.710. The van der Waals surface area contributed by atoms with Crippen LogP contribution in [0.3, 0.4) is 0 Å². The van der Waals surface area contributed by atoms with Gasteiger partial charge in [0.1, 0.15) is 5.69 Å². The first-order valence-electron chi connectivity index (χ1n) is 6.88. The summed E-state index contributed by atoms with van der Waals surface area (Å²) in [5.74, 6) is -1.10. The number of pyridine rings is 1. The molecule has 0 aliphatic heterocycles. The number of carbonyl (C=O) groups excluding carboxylic acids is 1. The van der Waals surface area contributed by atoms with Gasteiger partial charge in [-0.2, -0.15) is 0 Å². The van der Waals surface area contributed by atoms with Crippen molar-refractivity contribution in [3.05, 3.63) is 24.0 Å². The Kier molecular flexibility index (Phi) is 6.61. The van der Waals surface area contributed by atoms with Crippen LogP contribution in [0.1, 0.15) is 30.8 Å². The number of carbonyl (C=O) groups is 2. The maximum Gasteiger partial charge on any atom is 0.354 e. The van der Waals surface area contributed by atoms with E-state index in [0.717, 1.165) is 13.0 Å². The molecular formula is C14H22N4O3. The molecule has 0 fully saturated rings. The summed E-state index contributed by atoms with van der Waals surface area (Å²) in [6.45, 7) is 5.55. The first kappa shape index (κ1) is 16.9. The van der Waals surface area contributed by atoms with Crippen molar-refractivity contribution in [2.75, 3.05) is 25.5 Å². The Balaban J connectivity index is 2.35. The number of likely N-dealkylation sites (N-methyl/N-ethyl adjacent to an activating group) is 1. The normalized spacial score (nSPS) is 12.0. The van der Waals surface area contributed by atoms with Gasteiger partial charge in [0.05, 0.1) is 11.9 Å². The summed E-state index contributed by atoms with van der Waals surface area (Å²) in [7, 11) is 2.02. The molecule has 7 nitrogen and oxygen atoms in total. The molecule has 0 spiro atoms. The summed E-state index contributed by atoms with van der Waals surface area (Å²) < 4.78 is 0. The molecule has 0 saturated heterocycles. The van der Waals surface area contributed by atoms with Gasteiger partial charge in [0, 0.05) is 19.1 Å². The molecule has 2 amide bonds. The highest BCUT2D eigenvalue weighted by atomic mass is 16.4. The lowest BCUT2D eigenvalue weighted by Crippen LogP contribution is -2.38. The molecule has 7 heteroatoms. The number of aromatic carboxylic acids is 1. The summed E-state index contributed by atoms with van der Waals surface area (Å²) in [5.41, 5.74) is 0.393. The highest BCUT2D eigenvalue weighted by Gasteiger charge is 2.08. The van der Waals surface area contributed by atoms with Crippen LogP contribution in [0.25, 0.3) is 0 Å². The van der Waals surface area contributed by atoms with Crippen molar-refractivity contribution < 1.29 is 14.7 Å². The first-order chi connectivity index (χ1) is 9.93. The van der Waals surface area contributed by atoms with Crippen LogP contribution in [-0.2, 0) is 0 Å². The van der Waals surface area contributed by atoms with Crippen LogP contribution in [0.4, 0.5) is 10.5 Å². The van der Waals surface area contributed by atoms with Crippen molar-refractivity contribution in [1.29, 1.82) is 0 Å². The zero-order valence-electron chi connectivity index (χ0n) is 12.6. The Morgan fingerprint density at radius 1 is 1.43 bits per heavy atom. The predicted molar refractivity (Wildman–Crippen MR) is 80.6 cm³/mol. The number of hydrogen-bond acceptors (Lipinski definition) is 4. The van der Waals surface area contributed by atoms with Gasteiger partial charge < -0.3 is 20.6 Å². The predicted octanol–water partition coefficient (Wildman–Crippen LogP) is 1.63. The molecule has 1 rings (SSSR count). The highest BCUT2D eigenvalue weighted by molar-refractivity contribution is 5.90. The number of rotatable bonds is 7. The molecule has 0 aromatic carbocycles. The van der Waals surface area contributed by atoms with Crippen molar-refractivity contribution in [2.24, 2.45) is 0 Å². The monoisotopic (exact) mass is 294 g/mol. The molecule has 0 bridgehead atoms. The van der Waals surface area contributed by atoms with E-state index in [9.17, 15) is 9.59 Å². The topological polar surface area (TPSA) is 94.6 Å². The van der Waals surface area contributed by atoms with Crippen molar-refractivity contribution in [3.8, 4) is 0 Å². The Labute approximate surface area is 124 Å². The van der Waals surface area contributed by atoms with E-state index in [2.05, 4.69) is 34.4 Å². The molecule has 3 N–H and O–H groups in total. The number of carboxylic acid groups (broad SMARTS) is 1. The van der Waals surface area contributed by atoms with Crippen molar-refractivity contribution in [2.45, 2.75) is 26.3 Å². The van der Waals surface area contributed by atoms with E-state index in [4.69, 9.17) is 5.11 Å². The average molecular weight is 294 g/mol. The maximum absolute atomic E-state index is 11.7. The van der Waals surface area contributed by atoms with Gasteiger partial charge in [-0.1, -0.05) is 6.92 Å². The lowest BCUT2D eigenvalue weighted by atomic mass is 10.2. The SMILES string of the molecule is CCC(C)N(C)CCNC(=O)Nc1ccc(C(=O)O)nc1. The van der Waals surface area contributed by atoms with Crippen LogP contribution in [0, 0.1) is 0 Å². The minimum absolute atomic E-state index is 0.0591. The van der Waals surface area contributed by atoms with E-state index in [1.165, 1.54) is 18.3 Å². The number of urea groups is 1. The van der Waals surface area contributed by atoms with Crippen LogP contribution in [0.2, 0.25) is 0 Å². The number of nitrogens with zero attached hydrogens (tertiary/aromatic N) is 2. The second-order valence-corrected chi connectivity index (χ2v) is 4.86. The van der Waals surface area contributed by atoms with Gasteiger partial charge in [0.25, 0.3) is 0 Å². The molecule has 1 atom stereocenters. The van der Waals surface area contributed by atoms with Crippen LogP contribution in [0.15, 0.2) is 18.3 Å². The van der Waals surface area contributed by atoms with Gasteiger partial charge in [-0.15, -0.1) is 0 Å². The third-order valence-corrected chi connectivity index (χ3v) is 3.33. The standard InChI is InChI=1S/C14H22N4O3/c1-4-10(2)18(3)8-7-15-14(21)17-11-5-6-12(13(19)20)16-9-11/h5-6,9-10H,4,7-8H2,1-3H3,(H,19,20)(H2,15,17,21). The summed E-state index contributed by atoms with van der Waals surface area (Å²) in [5, 5.41) is 14.1. The first-order valence-corrected chi connectivity index (χ1v) is 6.88. The largest absolute Gasteiger partial charge is 0.477 e. The second-order valence-electron chi connectivity index (χ2n) is 4.86. The lowest BCUT2D eigenvalue weighted by molar-refractivity contribution is 0.0690. The summed E-state index contributed by atoms with van der Waals surface area (Å²) in [6.07, 6.45) is 2.37. The second kappa shape index (κ2) is 8.21. The number of aromatic nitrogens is 1. The average Bonchev–Trinajstić information content (AvgIpc) is 2.46. The van der Waals surface area contributed by atoms with E-state index in [0.29, 0.717) is 18.3 Å². The molecule has 116 valence electrons. The third-order valence-electron chi connectivity index (χ3n) is 3.33. The number of amides is 2. The van der Waals surface area contributed by atoms with Gasteiger partial charge in [-0.25, -0.2) is 14.6 Å². The van der Waals surface area contributed by atoms with Crippen molar-refractivity contribution in [1.82, 2.24) is 15.2 Å². The fourth-order valence-corrected chi connectivity index (χ4v) is 1.65. The van der Waals surface area contributed by atoms with Gasteiger partial charge in [-0.3, -0.25) is 0 Å². The van der Waals surface area contributed by atoms with Crippen LogP contribution in [0.5, 0.6) is 0 Å². The van der Waals surface area contributed by atoms with Crippen LogP contribution >= 0.6 is 0 Å². The number of nitrogens with one attached hydrogen (secondary N) is 2. The number of hydrogen-bond donors (Lipinski definition) is 3. The van der Waals surface area contributed by atoms with Crippen LogP contribution in [-0.4, -0.2) is 53.2 Å². The Hall–Kier alpha value is -2.15. The van der Waals surface area contributed by atoms with E-state index in [-0.39, 0.29) is 11.7 Å². The molecular weight excluding hydrogens is 272 g/mol. The van der Waals surface area contributed by atoms with Crippen molar-refractivity contribution in [3.63, 3.8) is 0 Å². The fraction of sp³-hybridized carbons (Fsp3) is 0.500. The zero-order chi connectivity index (χ0) is 15.8. The van der Waals surface area contributed by atoms with Crippen molar-refractivity contribution >= 4 is 17.7 Å². The number of carboxylic acids is 1. The molecule has 0 aliphatic carbocycles. The fourth-order valence-electron chi connectivity index (χ4n) is 1.65. The van der Waals surface area contributed by atoms with E-state index < -0.39 is 5.97 Å². The molecule has 1 unspecified atom stereocenters. The van der Waals surface area contributed by atoms with E-state index in [1.54, 1.807) is 0 Å². The molecule has 0 saturated carbocycles. The minimum atomic E-state index is -1.10. The smallest absolute Gasteiger partial charge is 0.354 e. The van der Waals surface area contributed by atoms with Gasteiger partial charge in [-0.05, 0) is 32.5 Å². The van der Waals surface area contributed by atoms with Gasteiger partial charge in [0.2, 0.25) is 0 Å². The Morgan fingerprint density at radius 3 is 2.67 bits per heavy atom. The molecule has 1 aromatic heterocycles. The zero-order valence-corrected chi connectivity index (χ0v) is 12.6. The van der Waals surface area contributed by atoms with Gasteiger partial charge >= 0.3 is 12.0 Å². The van der Waals surface area contributed by atoms with Gasteiger partial charge in [0.15, 0.2) is 0 Å². The molecule has 1 aromatic rings. The Bertz CT molecular complexity index is 476. The molecule has 21 heavy (non-hydrogen) atoms.